The fourth-order valence-corrected chi connectivity index (χ4v) is 5.18. The summed E-state index contributed by atoms with van der Waals surface area (Å²) in [7, 11) is -3.75. The zero-order chi connectivity index (χ0) is 21.3. The summed E-state index contributed by atoms with van der Waals surface area (Å²) in [5.74, 6) is 0.00641. The molecule has 0 N–H and O–H groups in total. The van der Waals surface area contributed by atoms with Crippen LogP contribution in [0.15, 0.2) is 59.5 Å². The van der Waals surface area contributed by atoms with Crippen molar-refractivity contribution in [3.05, 3.63) is 70.5 Å². The number of rotatable bonds is 4. The van der Waals surface area contributed by atoms with E-state index in [1.807, 2.05) is 35.2 Å². The second-order valence-electron chi connectivity index (χ2n) is 6.72. The summed E-state index contributed by atoms with van der Waals surface area (Å²) in [5, 5.41) is 8.91. The number of hydrogen-bond acceptors (Lipinski definition) is 5. The zero-order valence-electron chi connectivity index (χ0n) is 15.7. The molecule has 0 radical (unpaired) electrons. The quantitative estimate of drug-likeness (QED) is 0.578. The zero-order valence-corrected chi connectivity index (χ0v) is 18.0. The molecule has 156 valence electrons. The fourth-order valence-electron chi connectivity index (χ4n) is 3.25. The fraction of sp³-hybridized carbons (Fsp3) is 0.200. The molecular weight excluding hydrogens is 450 g/mol. The summed E-state index contributed by atoms with van der Waals surface area (Å²) in [6.07, 6.45) is 0. The lowest BCUT2D eigenvalue weighted by molar-refractivity contribution is 0.383. The van der Waals surface area contributed by atoms with Crippen LogP contribution in [0.4, 0.5) is 10.2 Å². The molecule has 1 aromatic heterocycles. The van der Waals surface area contributed by atoms with Gasteiger partial charge in [0.05, 0.1) is 20.6 Å². The minimum absolute atomic E-state index is 0.0220. The maximum Gasteiger partial charge on any atom is 0.243 e. The van der Waals surface area contributed by atoms with E-state index in [1.165, 1.54) is 10.4 Å². The summed E-state index contributed by atoms with van der Waals surface area (Å²) >= 11 is 11.9. The van der Waals surface area contributed by atoms with E-state index in [0.29, 0.717) is 29.6 Å². The monoisotopic (exact) mass is 466 g/mol. The van der Waals surface area contributed by atoms with Crippen LogP contribution in [0.5, 0.6) is 0 Å². The smallest absolute Gasteiger partial charge is 0.243 e. The second kappa shape index (κ2) is 8.47. The molecule has 1 aliphatic heterocycles. The van der Waals surface area contributed by atoms with Gasteiger partial charge in [0.2, 0.25) is 10.0 Å². The molecule has 0 bridgehead atoms. The molecule has 0 amide bonds. The van der Waals surface area contributed by atoms with Crippen molar-refractivity contribution >= 4 is 39.0 Å². The van der Waals surface area contributed by atoms with Crippen molar-refractivity contribution in [1.82, 2.24) is 14.5 Å². The summed E-state index contributed by atoms with van der Waals surface area (Å²) in [6.45, 7) is 1.44. The first-order valence-corrected chi connectivity index (χ1v) is 11.3. The van der Waals surface area contributed by atoms with Gasteiger partial charge in [-0.1, -0.05) is 41.4 Å². The number of aromatic nitrogens is 2. The predicted molar refractivity (Wildman–Crippen MR) is 115 cm³/mol. The van der Waals surface area contributed by atoms with Crippen LogP contribution in [0, 0.1) is 5.82 Å². The number of halogens is 3. The van der Waals surface area contributed by atoms with Crippen LogP contribution in [-0.2, 0) is 10.0 Å². The normalized spacial score (nSPS) is 15.4. The van der Waals surface area contributed by atoms with Gasteiger partial charge in [-0.05, 0) is 36.4 Å². The van der Waals surface area contributed by atoms with Crippen LogP contribution in [0.25, 0.3) is 11.3 Å². The lowest BCUT2D eigenvalue weighted by atomic mass is 10.1. The molecule has 1 fully saturated rings. The number of nitrogens with zero attached hydrogens (tertiary/aromatic N) is 4. The van der Waals surface area contributed by atoms with Gasteiger partial charge in [-0.25, -0.2) is 12.8 Å². The van der Waals surface area contributed by atoms with Gasteiger partial charge >= 0.3 is 0 Å². The van der Waals surface area contributed by atoms with Crippen molar-refractivity contribution in [3.8, 4) is 11.3 Å². The van der Waals surface area contributed by atoms with Crippen LogP contribution in [0.1, 0.15) is 0 Å². The van der Waals surface area contributed by atoms with Gasteiger partial charge in [0.15, 0.2) is 5.82 Å². The largest absolute Gasteiger partial charge is 0.352 e. The number of benzene rings is 2. The van der Waals surface area contributed by atoms with Crippen molar-refractivity contribution in [2.24, 2.45) is 0 Å². The number of sulfonamides is 1. The maximum absolute atomic E-state index is 13.4. The Bertz CT molecular complexity index is 1170. The van der Waals surface area contributed by atoms with E-state index in [9.17, 15) is 12.8 Å². The molecule has 1 saturated heterocycles. The Morgan fingerprint density at radius 1 is 0.867 bits per heavy atom. The molecule has 30 heavy (non-hydrogen) atoms. The van der Waals surface area contributed by atoms with E-state index in [1.54, 1.807) is 6.07 Å². The van der Waals surface area contributed by atoms with E-state index >= 15 is 0 Å². The van der Waals surface area contributed by atoms with Gasteiger partial charge in [-0.3, -0.25) is 0 Å². The molecule has 10 heteroatoms. The van der Waals surface area contributed by atoms with E-state index in [-0.39, 0.29) is 23.0 Å². The first kappa shape index (κ1) is 21.0. The molecule has 0 saturated carbocycles. The predicted octanol–water partition coefficient (Wildman–Crippen LogP) is 4.10. The Morgan fingerprint density at radius 3 is 2.23 bits per heavy atom. The van der Waals surface area contributed by atoms with Gasteiger partial charge in [-0.15, -0.1) is 10.2 Å². The molecule has 3 aromatic rings. The van der Waals surface area contributed by atoms with Gasteiger partial charge in [0.1, 0.15) is 5.82 Å². The van der Waals surface area contributed by atoms with E-state index in [2.05, 4.69) is 10.2 Å². The Balaban J connectivity index is 1.45. The maximum atomic E-state index is 13.4. The van der Waals surface area contributed by atoms with Gasteiger partial charge < -0.3 is 4.90 Å². The summed E-state index contributed by atoms with van der Waals surface area (Å²) in [5.41, 5.74) is 1.46. The molecule has 0 unspecified atom stereocenters. The van der Waals surface area contributed by atoms with Crippen LogP contribution >= 0.6 is 23.2 Å². The van der Waals surface area contributed by atoms with Crippen LogP contribution in [0.3, 0.4) is 0 Å². The SMILES string of the molecule is O=S(=O)(c1ccc(F)c(Cl)c1)N1CCN(c2ccc(-c3ccccc3Cl)nn2)CC1. The standard InChI is InChI=1S/C20H17Cl2FN4O2S/c21-16-4-2-1-3-15(16)19-7-8-20(25-24-19)26-9-11-27(12-10-26)30(28,29)14-5-6-18(23)17(22)13-14/h1-8,13H,9-12H2. The third-order valence-electron chi connectivity index (χ3n) is 4.89. The number of hydrogen-bond donors (Lipinski definition) is 0. The Morgan fingerprint density at radius 2 is 1.60 bits per heavy atom. The van der Waals surface area contributed by atoms with Crippen molar-refractivity contribution < 1.29 is 12.8 Å². The molecular formula is C20H17Cl2FN4O2S. The second-order valence-corrected chi connectivity index (χ2v) is 9.48. The Hall–Kier alpha value is -2.26. The minimum Gasteiger partial charge on any atom is -0.352 e. The molecule has 1 aliphatic rings. The third-order valence-corrected chi connectivity index (χ3v) is 7.41. The van der Waals surface area contributed by atoms with E-state index in [4.69, 9.17) is 23.2 Å². The number of piperazine rings is 1. The summed E-state index contributed by atoms with van der Waals surface area (Å²) < 4.78 is 40.3. The van der Waals surface area contributed by atoms with Crippen molar-refractivity contribution in [2.45, 2.75) is 4.90 Å². The number of anilines is 1. The van der Waals surface area contributed by atoms with Crippen LogP contribution < -0.4 is 4.90 Å². The third kappa shape index (κ3) is 4.13. The molecule has 0 spiro atoms. The van der Waals surface area contributed by atoms with Gasteiger partial charge in [0.25, 0.3) is 0 Å². The average Bonchev–Trinajstić information content (AvgIpc) is 2.76. The molecule has 2 heterocycles. The lowest BCUT2D eigenvalue weighted by Gasteiger charge is -2.34. The molecule has 0 atom stereocenters. The van der Waals surface area contributed by atoms with Gasteiger partial charge in [-0.2, -0.15) is 4.31 Å². The first-order chi connectivity index (χ1) is 14.4. The molecule has 0 aliphatic carbocycles. The van der Waals surface area contributed by atoms with Gasteiger partial charge in [0, 0.05) is 31.7 Å². The van der Waals surface area contributed by atoms with Crippen LogP contribution in [-0.4, -0.2) is 49.1 Å². The molecule has 6 nitrogen and oxygen atoms in total. The highest BCUT2D eigenvalue weighted by Gasteiger charge is 2.29. The Labute approximate surface area is 183 Å². The minimum atomic E-state index is -3.75. The highest BCUT2D eigenvalue weighted by atomic mass is 35.5. The Kier molecular flexibility index (Phi) is 5.92. The highest BCUT2D eigenvalue weighted by Crippen LogP contribution is 2.27. The van der Waals surface area contributed by atoms with E-state index < -0.39 is 15.8 Å². The topological polar surface area (TPSA) is 66.4 Å². The van der Waals surface area contributed by atoms with E-state index in [0.717, 1.165) is 17.7 Å². The summed E-state index contributed by atoms with van der Waals surface area (Å²) in [6, 6.07) is 14.5. The highest BCUT2D eigenvalue weighted by molar-refractivity contribution is 7.89. The summed E-state index contributed by atoms with van der Waals surface area (Å²) in [4.78, 5) is 1.94. The van der Waals surface area contributed by atoms with Crippen molar-refractivity contribution in [2.75, 3.05) is 31.1 Å². The molecule has 4 rings (SSSR count). The lowest BCUT2D eigenvalue weighted by Crippen LogP contribution is -2.49. The first-order valence-electron chi connectivity index (χ1n) is 9.15. The van der Waals surface area contributed by atoms with Crippen LogP contribution in [0.2, 0.25) is 10.0 Å². The average molecular weight is 467 g/mol. The molecule has 2 aromatic carbocycles. The van der Waals surface area contributed by atoms with Crippen molar-refractivity contribution in [3.63, 3.8) is 0 Å². The van der Waals surface area contributed by atoms with Crippen molar-refractivity contribution in [1.29, 1.82) is 0 Å².